The van der Waals surface area contributed by atoms with E-state index in [-0.39, 0.29) is 5.82 Å². The smallest absolute Gasteiger partial charge is 0.355 e. The van der Waals surface area contributed by atoms with E-state index in [1.165, 1.54) is 12.1 Å². The van der Waals surface area contributed by atoms with Crippen molar-refractivity contribution in [3.8, 4) is 11.4 Å². The SMILES string of the molecule is CCCCN(CC)c1ccc2nnc(CCc3nc(-c4ccc(C(F)(F)F)cc4)no3)n2n1. The Bertz CT molecular complexity index is 1200. The first-order chi connectivity index (χ1) is 15.9. The fourth-order valence-electron chi connectivity index (χ4n) is 3.43. The van der Waals surface area contributed by atoms with Gasteiger partial charge in [-0.2, -0.15) is 22.7 Å². The molecule has 0 saturated heterocycles. The molecule has 0 aliphatic heterocycles. The number of hydrogen-bond donors (Lipinski definition) is 0. The lowest BCUT2D eigenvalue weighted by Crippen LogP contribution is -2.25. The summed E-state index contributed by atoms with van der Waals surface area (Å²) >= 11 is 0. The number of anilines is 1. The van der Waals surface area contributed by atoms with Crippen molar-refractivity contribution in [2.45, 2.75) is 45.7 Å². The summed E-state index contributed by atoms with van der Waals surface area (Å²) in [7, 11) is 0. The zero-order chi connectivity index (χ0) is 23.4. The Morgan fingerprint density at radius 3 is 2.48 bits per heavy atom. The molecule has 4 aromatic rings. The van der Waals surface area contributed by atoms with E-state index in [1.807, 2.05) is 12.1 Å². The van der Waals surface area contributed by atoms with Crippen LogP contribution < -0.4 is 4.90 Å². The Balaban J connectivity index is 1.47. The van der Waals surface area contributed by atoms with Crippen LogP contribution in [0.3, 0.4) is 0 Å². The van der Waals surface area contributed by atoms with Crippen molar-refractivity contribution in [2.75, 3.05) is 18.0 Å². The number of fused-ring (bicyclic) bond motifs is 1. The van der Waals surface area contributed by atoms with Gasteiger partial charge < -0.3 is 9.42 Å². The van der Waals surface area contributed by atoms with Gasteiger partial charge in [-0.25, -0.2) is 0 Å². The third-order valence-corrected chi connectivity index (χ3v) is 5.30. The number of alkyl halides is 3. The Morgan fingerprint density at radius 2 is 1.79 bits per heavy atom. The number of aryl methyl sites for hydroxylation is 2. The maximum absolute atomic E-state index is 12.7. The maximum Gasteiger partial charge on any atom is 0.416 e. The Labute approximate surface area is 188 Å². The number of benzene rings is 1. The van der Waals surface area contributed by atoms with Gasteiger partial charge in [-0.3, -0.25) is 0 Å². The van der Waals surface area contributed by atoms with Crippen molar-refractivity contribution >= 4 is 11.5 Å². The van der Waals surface area contributed by atoms with Gasteiger partial charge in [0.15, 0.2) is 11.5 Å². The zero-order valence-corrected chi connectivity index (χ0v) is 18.4. The van der Waals surface area contributed by atoms with Crippen LogP contribution >= 0.6 is 0 Å². The molecule has 0 atom stereocenters. The zero-order valence-electron chi connectivity index (χ0n) is 18.4. The number of unbranched alkanes of at least 4 members (excludes halogenated alkanes) is 1. The normalized spacial score (nSPS) is 11.9. The minimum Gasteiger partial charge on any atom is -0.355 e. The monoisotopic (exact) mass is 459 g/mol. The molecule has 0 bridgehead atoms. The summed E-state index contributed by atoms with van der Waals surface area (Å²) < 4.78 is 45.2. The van der Waals surface area contributed by atoms with E-state index in [4.69, 9.17) is 9.62 Å². The van der Waals surface area contributed by atoms with Crippen LogP contribution in [0.2, 0.25) is 0 Å². The Morgan fingerprint density at radius 1 is 1.00 bits per heavy atom. The van der Waals surface area contributed by atoms with E-state index >= 15 is 0 Å². The lowest BCUT2D eigenvalue weighted by molar-refractivity contribution is -0.137. The van der Waals surface area contributed by atoms with Crippen molar-refractivity contribution in [3.63, 3.8) is 0 Å². The summed E-state index contributed by atoms with van der Waals surface area (Å²) in [6, 6.07) is 8.48. The second kappa shape index (κ2) is 9.55. The van der Waals surface area contributed by atoms with Gasteiger partial charge in [0, 0.05) is 31.5 Å². The van der Waals surface area contributed by atoms with Gasteiger partial charge in [0.05, 0.1) is 5.56 Å². The predicted octanol–water partition coefficient (Wildman–Crippen LogP) is 4.60. The van der Waals surface area contributed by atoms with Crippen LogP contribution in [0.5, 0.6) is 0 Å². The summed E-state index contributed by atoms with van der Waals surface area (Å²) in [5.74, 6) is 2.12. The lowest BCUT2D eigenvalue weighted by Gasteiger charge is -2.21. The molecule has 0 radical (unpaired) electrons. The molecule has 33 heavy (non-hydrogen) atoms. The number of nitrogens with zero attached hydrogens (tertiary/aromatic N) is 7. The number of rotatable bonds is 9. The van der Waals surface area contributed by atoms with E-state index in [0.29, 0.717) is 35.8 Å². The second-order valence-corrected chi connectivity index (χ2v) is 7.60. The predicted molar refractivity (Wildman–Crippen MR) is 116 cm³/mol. The molecule has 1 aromatic carbocycles. The van der Waals surface area contributed by atoms with Crippen molar-refractivity contribution < 1.29 is 17.7 Å². The Hall–Kier alpha value is -3.50. The van der Waals surface area contributed by atoms with Gasteiger partial charge in [0.25, 0.3) is 0 Å². The molecular formula is C22H24F3N7O. The van der Waals surface area contributed by atoms with Gasteiger partial charge in [-0.1, -0.05) is 30.6 Å². The van der Waals surface area contributed by atoms with Gasteiger partial charge in [0.2, 0.25) is 11.7 Å². The van der Waals surface area contributed by atoms with Crippen LogP contribution in [0.15, 0.2) is 40.9 Å². The second-order valence-electron chi connectivity index (χ2n) is 7.60. The van der Waals surface area contributed by atoms with Crippen molar-refractivity contribution in [3.05, 3.63) is 53.7 Å². The van der Waals surface area contributed by atoms with Gasteiger partial charge in [-0.05, 0) is 37.6 Å². The molecule has 11 heteroatoms. The van der Waals surface area contributed by atoms with Crippen LogP contribution in [0.1, 0.15) is 44.0 Å². The van der Waals surface area contributed by atoms with Gasteiger partial charge in [-0.15, -0.1) is 15.3 Å². The highest BCUT2D eigenvalue weighted by Gasteiger charge is 2.30. The third kappa shape index (κ3) is 5.12. The molecule has 0 amide bonds. The first-order valence-corrected chi connectivity index (χ1v) is 10.9. The van der Waals surface area contributed by atoms with Crippen LogP contribution in [-0.2, 0) is 19.0 Å². The summed E-state index contributed by atoms with van der Waals surface area (Å²) in [5.41, 5.74) is 0.372. The topological polar surface area (TPSA) is 85.2 Å². The van der Waals surface area contributed by atoms with Crippen molar-refractivity contribution in [2.24, 2.45) is 0 Å². The molecule has 0 aliphatic carbocycles. The molecule has 4 rings (SSSR count). The van der Waals surface area contributed by atoms with Crippen molar-refractivity contribution in [1.29, 1.82) is 0 Å². The lowest BCUT2D eigenvalue weighted by atomic mass is 10.1. The molecule has 0 N–H and O–H groups in total. The summed E-state index contributed by atoms with van der Waals surface area (Å²) in [4.78, 5) is 6.51. The number of halogens is 3. The minimum atomic E-state index is -4.39. The molecule has 3 heterocycles. The first kappa shape index (κ1) is 22.7. The van der Waals surface area contributed by atoms with E-state index in [9.17, 15) is 13.2 Å². The van der Waals surface area contributed by atoms with E-state index in [1.54, 1.807) is 4.52 Å². The van der Waals surface area contributed by atoms with Crippen LogP contribution in [0.4, 0.5) is 19.0 Å². The molecule has 8 nitrogen and oxygen atoms in total. The summed E-state index contributed by atoms with van der Waals surface area (Å²) in [6.07, 6.45) is -1.34. The molecular weight excluding hydrogens is 435 g/mol. The summed E-state index contributed by atoms with van der Waals surface area (Å²) in [5, 5.41) is 17.0. The molecule has 0 spiro atoms. The quantitative estimate of drug-likeness (QED) is 0.361. The average Bonchev–Trinajstić information content (AvgIpc) is 3.44. The molecule has 174 valence electrons. The molecule has 0 aliphatic rings. The van der Waals surface area contributed by atoms with E-state index < -0.39 is 11.7 Å². The molecule has 0 unspecified atom stereocenters. The minimum absolute atomic E-state index is 0.236. The highest BCUT2D eigenvalue weighted by atomic mass is 19.4. The Kier molecular flexibility index (Phi) is 6.57. The third-order valence-electron chi connectivity index (χ3n) is 5.30. The number of aromatic nitrogens is 6. The van der Waals surface area contributed by atoms with E-state index in [2.05, 4.69) is 39.1 Å². The standard InChI is InChI=1S/C22H24F3N7O/c1-3-5-14-31(4-2)19-11-10-17-27-28-18(32(17)29-19)12-13-20-26-21(30-33-20)15-6-8-16(9-7-15)22(23,24)25/h6-11H,3-5,12-14H2,1-2H3. The number of hydrogen-bond acceptors (Lipinski definition) is 7. The van der Waals surface area contributed by atoms with E-state index in [0.717, 1.165) is 43.9 Å². The molecule has 3 aromatic heterocycles. The molecule has 0 fully saturated rings. The van der Waals surface area contributed by atoms with Crippen LogP contribution in [0, 0.1) is 0 Å². The fraction of sp³-hybridized carbons (Fsp3) is 0.409. The molecule has 0 saturated carbocycles. The average molecular weight is 459 g/mol. The summed E-state index contributed by atoms with van der Waals surface area (Å²) in [6.45, 7) is 6.03. The first-order valence-electron chi connectivity index (χ1n) is 10.9. The fourth-order valence-corrected chi connectivity index (χ4v) is 3.43. The van der Waals surface area contributed by atoms with Gasteiger partial charge >= 0.3 is 6.18 Å². The van der Waals surface area contributed by atoms with Gasteiger partial charge in [0.1, 0.15) is 5.82 Å². The highest BCUT2D eigenvalue weighted by Crippen LogP contribution is 2.30. The van der Waals surface area contributed by atoms with Crippen molar-refractivity contribution in [1.82, 2.24) is 30.0 Å². The van der Waals surface area contributed by atoms with Crippen LogP contribution in [-0.4, -0.2) is 43.0 Å². The largest absolute Gasteiger partial charge is 0.416 e. The van der Waals surface area contributed by atoms with Crippen LogP contribution in [0.25, 0.3) is 17.0 Å². The maximum atomic E-state index is 12.7. The highest BCUT2D eigenvalue weighted by molar-refractivity contribution is 5.54.